The molecule has 0 saturated carbocycles. The Kier molecular flexibility index (Phi) is 1.98. The third-order valence-corrected chi connectivity index (χ3v) is 2.59. The summed E-state index contributed by atoms with van der Waals surface area (Å²) in [5.74, 6) is 0. The van der Waals surface area contributed by atoms with Crippen LogP contribution in [0, 0.1) is 0 Å². The van der Waals surface area contributed by atoms with Crippen molar-refractivity contribution >= 4 is 16.5 Å². The first kappa shape index (κ1) is 7.94. The number of anilines is 1. The van der Waals surface area contributed by atoms with Crippen molar-refractivity contribution in [2.24, 2.45) is 0 Å². The fraction of sp³-hybridized carbons (Fsp3) is 0.714. The smallest absolute Gasteiger partial charge is 0.205 e. The van der Waals surface area contributed by atoms with E-state index < -0.39 is 0 Å². The number of ether oxygens (including phenoxy) is 1. The number of nitrogens with one attached hydrogen (secondary N) is 1. The summed E-state index contributed by atoms with van der Waals surface area (Å²) in [6.45, 7) is 3.73. The average molecular weight is 185 g/mol. The normalized spacial score (nSPS) is 29.1. The van der Waals surface area contributed by atoms with Crippen LogP contribution in [0.5, 0.6) is 0 Å². The van der Waals surface area contributed by atoms with Gasteiger partial charge in [-0.15, -0.1) is 10.2 Å². The van der Waals surface area contributed by atoms with E-state index in [1.807, 2.05) is 0 Å². The van der Waals surface area contributed by atoms with Crippen LogP contribution < -0.4 is 5.32 Å². The SMILES string of the molecule is CC1(Nc2nncs2)CCOC1. The van der Waals surface area contributed by atoms with E-state index in [-0.39, 0.29) is 5.54 Å². The van der Waals surface area contributed by atoms with Gasteiger partial charge in [-0.25, -0.2) is 0 Å². The molecule has 0 amide bonds. The highest BCUT2D eigenvalue weighted by Gasteiger charge is 2.30. The van der Waals surface area contributed by atoms with Crippen LogP contribution in [0.4, 0.5) is 5.13 Å². The molecule has 12 heavy (non-hydrogen) atoms. The molecule has 1 fully saturated rings. The summed E-state index contributed by atoms with van der Waals surface area (Å²) in [7, 11) is 0. The minimum absolute atomic E-state index is 0.0551. The largest absolute Gasteiger partial charge is 0.379 e. The molecule has 1 aliphatic heterocycles. The first-order valence-electron chi connectivity index (χ1n) is 3.91. The fourth-order valence-corrected chi connectivity index (χ4v) is 1.85. The van der Waals surface area contributed by atoms with Crippen molar-refractivity contribution < 1.29 is 4.74 Å². The van der Waals surface area contributed by atoms with Crippen molar-refractivity contribution in [3.05, 3.63) is 5.51 Å². The summed E-state index contributed by atoms with van der Waals surface area (Å²) in [6, 6.07) is 0. The summed E-state index contributed by atoms with van der Waals surface area (Å²) in [4.78, 5) is 0. The van der Waals surface area contributed by atoms with Crippen LogP contribution in [0.2, 0.25) is 0 Å². The number of aromatic nitrogens is 2. The molecule has 66 valence electrons. The zero-order chi connectivity index (χ0) is 8.44. The monoisotopic (exact) mass is 185 g/mol. The predicted octanol–water partition coefficient (Wildman–Crippen LogP) is 1.13. The minimum Gasteiger partial charge on any atom is -0.379 e. The van der Waals surface area contributed by atoms with Gasteiger partial charge in [0.25, 0.3) is 0 Å². The van der Waals surface area contributed by atoms with E-state index in [1.54, 1.807) is 5.51 Å². The second-order valence-corrected chi connectivity index (χ2v) is 4.07. The van der Waals surface area contributed by atoms with Crippen LogP contribution in [0.1, 0.15) is 13.3 Å². The van der Waals surface area contributed by atoms with Crippen molar-refractivity contribution in [3.63, 3.8) is 0 Å². The zero-order valence-corrected chi connectivity index (χ0v) is 7.73. The van der Waals surface area contributed by atoms with Crippen LogP contribution >= 0.6 is 11.3 Å². The van der Waals surface area contributed by atoms with E-state index in [0.29, 0.717) is 0 Å². The molecule has 0 spiro atoms. The third-order valence-electron chi connectivity index (χ3n) is 1.99. The molecule has 0 aromatic carbocycles. The van der Waals surface area contributed by atoms with E-state index in [2.05, 4.69) is 22.4 Å². The van der Waals surface area contributed by atoms with Crippen LogP contribution in [-0.4, -0.2) is 29.0 Å². The van der Waals surface area contributed by atoms with Gasteiger partial charge in [0.2, 0.25) is 5.13 Å². The van der Waals surface area contributed by atoms with E-state index >= 15 is 0 Å². The van der Waals surface area contributed by atoms with Crippen LogP contribution in [-0.2, 0) is 4.74 Å². The van der Waals surface area contributed by atoms with Crippen LogP contribution in [0.25, 0.3) is 0 Å². The highest BCUT2D eigenvalue weighted by Crippen LogP contribution is 2.23. The maximum Gasteiger partial charge on any atom is 0.205 e. The predicted molar refractivity (Wildman–Crippen MR) is 47.4 cm³/mol. The Morgan fingerprint density at radius 1 is 1.75 bits per heavy atom. The Bertz CT molecular complexity index is 243. The molecule has 1 aromatic rings. The van der Waals surface area contributed by atoms with Gasteiger partial charge in [0.05, 0.1) is 12.1 Å². The molecule has 0 radical (unpaired) electrons. The number of nitrogens with zero attached hydrogens (tertiary/aromatic N) is 2. The van der Waals surface area contributed by atoms with Crippen molar-refractivity contribution in [3.8, 4) is 0 Å². The highest BCUT2D eigenvalue weighted by atomic mass is 32.1. The van der Waals surface area contributed by atoms with Gasteiger partial charge in [0, 0.05) is 6.61 Å². The molecule has 1 unspecified atom stereocenters. The third kappa shape index (κ3) is 1.56. The lowest BCUT2D eigenvalue weighted by Gasteiger charge is -2.22. The molecule has 1 atom stereocenters. The van der Waals surface area contributed by atoms with Gasteiger partial charge < -0.3 is 10.1 Å². The van der Waals surface area contributed by atoms with Gasteiger partial charge in [-0.05, 0) is 13.3 Å². The Hall–Kier alpha value is -0.680. The van der Waals surface area contributed by atoms with Crippen molar-refractivity contribution in [1.29, 1.82) is 0 Å². The zero-order valence-electron chi connectivity index (χ0n) is 6.91. The van der Waals surface area contributed by atoms with Gasteiger partial charge >= 0.3 is 0 Å². The molecule has 1 N–H and O–H groups in total. The van der Waals surface area contributed by atoms with Gasteiger partial charge in [-0.2, -0.15) is 0 Å². The number of hydrogen-bond acceptors (Lipinski definition) is 5. The standard InChI is InChI=1S/C7H11N3OS/c1-7(2-3-11-4-7)9-6-10-8-5-12-6/h5H,2-4H2,1H3,(H,9,10). The summed E-state index contributed by atoms with van der Waals surface area (Å²) in [5, 5.41) is 11.9. The molecular formula is C7H11N3OS. The second kappa shape index (κ2) is 2.99. The Morgan fingerprint density at radius 3 is 3.25 bits per heavy atom. The maximum absolute atomic E-state index is 5.30. The fourth-order valence-electron chi connectivity index (χ4n) is 1.25. The van der Waals surface area contributed by atoms with Gasteiger partial charge in [-0.3, -0.25) is 0 Å². The van der Waals surface area contributed by atoms with Crippen LogP contribution in [0.3, 0.4) is 0 Å². The van der Waals surface area contributed by atoms with Crippen molar-refractivity contribution in [2.45, 2.75) is 18.9 Å². The maximum atomic E-state index is 5.30. The topological polar surface area (TPSA) is 47.0 Å². The molecule has 4 nitrogen and oxygen atoms in total. The molecule has 1 aromatic heterocycles. The number of rotatable bonds is 2. The molecule has 1 saturated heterocycles. The molecule has 5 heteroatoms. The molecule has 0 bridgehead atoms. The Morgan fingerprint density at radius 2 is 2.67 bits per heavy atom. The van der Waals surface area contributed by atoms with Gasteiger partial charge in [-0.1, -0.05) is 11.3 Å². The lowest BCUT2D eigenvalue weighted by Crippen LogP contribution is -2.34. The first-order valence-corrected chi connectivity index (χ1v) is 4.79. The van der Waals surface area contributed by atoms with Crippen molar-refractivity contribution in [1.82, 2.24) is 10.2 Å². The molecule has 0 aliphatic carbocycles. The van der Waals surface area contributed by atoms with Gasteiger partial charge in [0.15, 0.2) is 0 Å². The van der Waals surface area contributed by atoms with Crippen LogP contribution in [0.15, 0.2) is 5.51 Å². The highest BCUT2D eigenvalue weighted by molar-refractivity contribution is 7.13. The van der Waals surface area contributed by atoms with E-state index in [4.69, 9.17) is 4.74 Å². The second-order valence-electron chi connectivity index (χ2n) is 3.23. The minimum atomic E-state index is 0.0551. The van der Waals surface area contributed by atoms with E-state index in [1.165, 1.54) is 11.3 Å². The lowest BCUT2D eigenvalue weighted by atomic mass is 10.0. The first-order chi connectivity index (χ1) is 5.79. The summed E-state index contributed by atoms with van der Waals surface area (Å²) in [6.07, 6.45) is 1.03. The van der Waals surface area contributed by atoms with E-state index in [0.717, 1.165) is 24.8 Å². The molecule has 2 rings (SSSR count). The Balaban J connectivity index is 2.02. The lowest BCUT2D eigenvalue weighted by molar-refractivity contribution is 0.185. The summed E-state index contributed by atoms with van der Waals surface area (Å²) < 4.78 is 5.30. The van der Waals surface area contributed by atoms with E-state index in [9.17, 15) is 0 Å². The molecule has 1 aliphatic rings. The number of hydrogen-bond donors (Lipinski definition) is 1. The van der Waals surface area contributed by atoms with Crippen molar-refractivity contribution in [2.75, 3.05) is 18.5 Å². The molecular weight excluding hydrogens is 174 g/mol. The molecule has 2 heterocycles. The Labute approximate surface area is 75.0 Å². The summed E-state index contributed by atoms with van der Waals surface area (Å²) >= 11 is 1.52. The average Bonchev–Trinajstić information content (AvgIpc) is 2.62. The quantitative estimate of drug-likeness (QED) is 0.750. The summed E-state index contributed by atoms with van der Waals surface area (Å²) in [5.41, 5.74) is 1.78. The van der Waals surface area contributed by atoms with Gasteiger partial charge in [0.1, 0.15) is 5.51 Å².